The van der Waals surface area contributed by atoms with Gasteiger partial charge in [-0.1, -0.05) is 19.8 Å². The fourth-order valence-electron chi connectivity index (χ4n) is 1.82. The molecule has 0 aliphatic heterocycles. The summed E-state index contributed by atoms with van der Waals surface area (Å²) in [6.07, 6.45) is 5.82. The van der Waals surface area contributed by atoms with E-state index < -0.39 is 12.0 Å². The van der Waals surface area contributed by atoms with Gasteiger partial charge < -0.3 is 15.2 Å². The molecule has 0 aromatic rings. The van der Waals surface area contributed by atoms with Crippen LogP contribution in [0, 0.1) is 0 Å². The number of hydrogen-bond donors (Lipinski definition) is 2. The molecule has 0 heterocycles. The van der Waals surface area contributed by atoms with Crippen LogP contribution in [0.15, 0.2) is 0 Å². The third-order valence-corrected chi connectivity index (χ3v) is 2.74. The van der Waals surface area contributed by atoms with Gasteiger partial charge in [0.25, 0.3) is 0 Å². The van der Waals surface area contributed by atoms with Gasteiger partial charge in [-0.3, -0.25) is 4.79 Å². The second-order valence-corrected chi connectivity index (χ2v) is 4.08. The minimum atomic E-state index is -0.818. The van der Waals surface area contributed by atoms with E-state index >= 15 is 0 Å². The van der Waals surface area contributed by atoms with Crippen LogP contribution in [0.4, 0.5) is 0 Å². The van der Waals surface area contributed by atoms with E-state index in [-0.39, 0.29) is 6.10 Å². The highest BCUT2D eigenvalue weighted by Crippen LogP contribution is 2.20. The van der Waals surface area contributed by atoms with Crippen LogP contribution in [0.3, 0.4) is 0 Å². The zero-order chi connectivity index (χ0) is 11.1. The van der Waals surface area contributed by atoms with Gasteiger partial charge in [0.1, 0.15) is 6.04 Å². The van der Waals surface area contributed by atoms with E-state index in [2.05, 4.69) is 5.32 Å². The van der Waals surface area contributed by atoms with E-state index in [1.54, 1.807) is 0 Å². The largest absolute Gasteiger partial charge is 0.480 e. The highest BCUT2D eigenvalue weighted by Gasteiger charge is 2.21. The van der Waals surface area contributed by atoms with Crippen LogP contribution in [0.25, 0.3) is 0 Å². The molecule has 0 amide bonds. The molecule has 2 N–H and O–H groups in total. The fraction of sp³-hybridized carbons (Fsp3) is 0.909. The van der Waals surface area contributed by atoms with E-state index in [4.69, 9.17) is 9.84 Å². The Kier molecular flexibility index (Phi) is 5.65. The normalized spacial score (nSPS) is 19.3. The van der Waals surface area contributed by atoms with Gasteiger partial charge in [-0.2, -0.15) is 0 Å². The lowest BCUT2D eigenvalue weighted by Crippen LogP contribution is -2.41. The maximum absolute atomic E-state index is 10.9. The minimum absolute atomic E-state index is 0.287. The monoisotopic (exact) mass is 215 g/mol. The lowest BCUT2D eigenvalue weighted by Gasteiger charge is -2.17. The van der Waals surface area contributed by atoms with Crippen LogP contribution in [0.1, 0.15) is 39.0 Å². The molecule has 1 unspecified atom stereocenters. The van der Waals surface area contributed by atoms with Gasteiger partial charge in [-0.25, -0.2) is 0 Å². The van der Waals surface area contributed by atoms with Crippen molar-refractivity contribution in [3.63, 3.8) is 0 Å². The molecular formula is C11H21NO3. The first-order chi connectivity index (χ1) is 7.24. The minimum Gasteiger partial charge on any atom is -0.480 e. The molecule has 1 saturated carbocycles. The maximum atomic E-state index is 10.9. The number of hydrogen-bond acceptors (Lipinski definition) is 3. The Morgan fingerprint density at radius 3 is 2.73 bits per heavy atom. The Morgan fingerprint density at radius 1 is 1.53 bits per heavy atom. The average Bonchev–Trinajstić information content (AvgIpc) is 2.70. The number of nitrogens with one attached hydrogen (secondary N) is 1. The molecule has 0 spiro atoms. The predicted octanol–water partition coefficient (Wildman–Crippen LogP) is 1.40. The molecule has 1 rings (SSSR count). The highest BCUT2D eigenvalue weighted by atomic mass is 16.5. The molecule has 0 radical (unpaired) electrons. The topological polar surface area (TPSA) is 58.6 Å². The van der Waals surface area contributed by atoms with Crippen molar-refractivity contribution in [1.82, 2.24) is 5.32 Å². The van der Waals surface area contributed by atoms with Crippen LogP contribution in [0.2, 0.25) is 0 Å². The van der Waals surface area contributed by atoms with E-state index in [1.807, 2.05) is 6.92 Å². The van der Waals surface area contributed by atoms with Gasteiger partial charge in [0.2, 0.25) is 0 Å². The van der Waals surface area contributed by atoms with Gasteiger partial charge in [0.05, 0.1) is 12.7 Å². The molecule has 1 fully saturated rings. The first-order valence-electron chi connectivity index (χ1n) is 5.81. The lowest BCUT2D eigenvalue weighted by molar-refractivity contribution is -0.141. The van der Waals surface area contributed by atoms with E-state index in [9.17, 15) is 4.79 Å². The quantitative estimate of drug-likeness (QED) is 0.674. The van der Waals surface area contributed by atoms with Gasteiger partial charge in [-0.15, -0.1) is 0 Å². The number of aliphatic carboxylic acids is 1. The maximum Gasteiger partial charge on any atom is 0.323 e. The molecule has 4 nitrogen and oxygen atoms in total. The Labute approximate surface area is 91.0 Å². The molecular weight excluding hydrogens is 194 g/mol. The SMILES string of the molecule is CCCNC(COC1CCCC1)C(=O)O. The zero-order valence-corrected chi connectivity index (χ0v) is 9.37. The van der Waals surface area contributed by atoms with E-state index in [1.165, 1.54) is 12.8 Å². The summed E-state index contributed by atoms with van der Waals surface area (Å²) in [5.74, 6) is -0.818. The number of rotatable bonds is 7. The summed E-state index contributed by atoms with van der Waals surface area (Å²) in [6, 6.07) is -0.550. The zero-order valence-electron chi connectivity index (χ0n) is 9.37. The van der Waals surface area contributed by atoms with Gasteiger partial charge in [0.15, 0.2) is 0 Å². The molecule has 1 atom stereocenters. The molecule has 1 aliphatic carbocycles. The van der Waals surface area contributed by atoms with Crippen molar-refractivity contribution in [1.29, 1.82) is 0 Å². The summed E-state index contributed by atoms with van der Waals surface area (Å²) in [7, 11) is 0. The highest BCUT2D eigenvalue weighted by molar-refractivity contribution is 5.73. The number of carboxylic acids is 1. The predicted molar refractivity (Wildman–Crippen MR) is 57.9 cm³/mol. The molecule has 0 aromatic heterocycles. The Bertz CT molecular complexity index is 190. The molecule has 1 aliphatic rings. The van der Waals surface area contributed by atoms with Gasteiger partial charge in [-0.05, 0) is 25.8 Å². The van der Waals surface area contributed by atoms with Crippen LogP contribution < -0.4 is 5.32 Å². The van der Waals surface area contributed by atoms with E-state index in [0.717, 1.165) is 25.8 Å². The third-order valence-electron chi connectivity index (χ3n) is 2.74. The van der Waals surface area contributed by atoms with Gasteiger partial charge in [0, 0.05) is 0 Å². The molecule has 0 bridgehead atoms. The van der Waals surface area contributed by atoms with Crippen molar-refractivity contribution in [3.05, 3.63) is 0 Å². The van der Waals surface area contributed by atoms with Crippen molar-refractivity contribution in [3.8, 4) is 0 Å². The number of ether oxygens (including phenoxy) is 1. The fourth-order valence-corrected chi connectivity index (χ4v) is 1.82. The van der Waals surface area contributed by atoms with Crippen molar-refractivity contribution in [2.45, 2.75) is 51.2 Å². The smallest absolute Gasteiger partial charge is 0.323 e. The van der Waals surface area contributed by atoms with Crippen LogP contribution in [-0.2, 0) is 9.53 Å². The molecule has 4 heteroatoms. The second-order valence-electron chi connectivity index (χ2n) is 4.08. The van der Waals surface area contributed by atoms with Crippen molar-refractivity contribution in [2.75, 3.05) is 13.2 Å². The van der Waals surface area contributed by atoms with Crippen LogP contribution in [0.5, 0.6) is 0 Å². The average molecular weight is 215 g/mol. The first-order valence-corrected chi connectivity index (χ1v) is 5.81. The molecule has 15 heavy (non-hydrogen) atoms. The summed E-state index contributed by atoms with van der Waals surface area (Å²) >= 11 is 0. The Hall–Kier alpha value is -0.610. The summed E-state index contributed by atoms with van der Waals surface area (Å²) < 4.78 is 5.58. The standard InChI is InChI=1S/C11H21NO3/c1-2-7-12-10(11(13)14)8-15-9-5-3-4-6-9/h9-10,12H,2-8H2,1H3,(H,13,14). The summed E-state index contributed by atoms with van der Waals surface area (Å²) in [5.41, 5.74) is 0. The number of carbonyl (C=O) groups is 1. The molecule has 0 saturated heterocycles. The van der Waals surface area contributed by atoms with Crippen LogP contribution >= 0.6 is 0 Å². The first kappa shape index (κ1) is 12.5. The lowest BCUT2D eigenvalue weighted by atomic mass is 10.3. The summed E-state index contributed by atoms with van der Waals surface area (Å²) in [5, 5.41) is 11.9. The van der Waals surface area contributed by atoms with E-state index in [0.29, 0.717) is 6.61 Å². The van der Waals surface area contributed by atoms with Gasteiger partial charge >= 0.3 is 5.97 Å². The second kappa shape index (κ2) is 6.80. The van der Waals surface area contributed by atoms with Crippen molar-refractivity contribution in [2.24, 2.45) is 0 Å². The molecule has 88 valence electrons. The number of carboxylic acid groups (broad SMARTS) is 1. The van der Waals surface area contributed by atoms with Crippen LogP contribution in [-0.4, -0.2) is 36.4 Å². The summed E-state index contributed by atoms with van der Waals surface area (Å²) in [6.45, 7) is 3.04. The summed E-state index contributed by atoms with van der Waals surface area (Å²) in [4.78, 5) is 10.9. The van der Waals surface area contributed by atoms with Crippen molar-refractivity contribution >= 4 is 5.97 Å². The third kappa shape index (κ3) is 4.62. The molecule has 0 aromatic carbocycles. The Balaban J connectivity index is 2.20. The Morgan fingerprint density at radius 2 is 2.20 bits per heavy atom. The van der Waals surface area contributed by atoms with Crippen molar-refractivity contribution < 1.29 is 14.6 Å².